The van der Waals surface area contributed by atoms with Crippen LogP contribution in [0.15, 0.2) is 58.4 Å². The minimum Gasteiger partial charge on any atom is -0.497 e. The van der Waals surface area contributed by atoms with Gasteiger partial charge >= 0.3 is 0 Å². The molecule has 0 radical (unpaired) electrons. The van der Waals surface area contributed by atoms with Gasteiger partial charge in [0.05, 0.1) is 36.5 Å². The lowest BCUT2D eigenvalue weighted by Gasteiger charge is -2.46. The Hall–Kier alpha value is -2.62. The number of amidine groups is 1. The van der Waals surface area contributed by atoms with Gasteiger partial charge in [-0.25, -0.2) is 8.42 Å². The van der Waals surface area contributed by atoms with Crippen molar-refractivity contribution in [2.45, 2.75) is 23.3 Å². The molecule has 8 nitrogen and oxygen atoms in total. The second-order valence-corrected chi connectivity index (χ2v) is 9.66. The first-order chi connectivity index (χ1) is 15.0. The van der Waals surface area contributed by atoms with Crippen LogP contribution in [0.4, 0.5) is 11.4 Å². The smallest absolute Gasteiger partial charge is 0.243 e. The van der Waals surface area contributed by atoms with Gasteiger partial charge in [0.1, 0.15) is 17.1 Å². The van der Waals surface area contributed by atoms with Crippen molar-refractivity contribution < 1.29 is 17.9 Å². The van der Waals surface area contributed by atoms with Crippen LogP contribution in [0.2, 0.25) is 0 Å². The summed E-state index contributed by atoms with van der Waals surface area (Å²) >= 11 is 0. The lowest BCUT2D eigenvalue weighted by molar-refractivity contribution is 0.207. The zero-order valence-electron chi connectivity index (χ0n) is 17.8. The third-order valence-corrected chi connectivity index (χ3v) is 7.59. The van der Waals surface area contributed by atoms with Crippen LogP contribution < -0.4 is 15.4 Å². The SMILES string of the molecule is COCCN=C1Nc2ccccc2N[C@]12CCCN(S(=O)(=O)c1ccc(OC)cc1)C2. The minimum absolute atomic E-state index is 0.257. The molecule has 166 valence electrons. The van der Waals surface area contributed by atoms with Gasteiger partial charge in [-0.15, -0.1) is 0 Å². The van der Waals surface area contributed by atoms with E-state index in [1.807, 2.05) is 24.3 Å². The third kappa shape index (κ3) is 4.26. The van der Waals surface area contributed by atoms with Gasteiger partial charge in [-0.05, 0) is 49.2 Å². The molecular weight excluding hydrogens is 416 g/mol. The molecule has 2 aliphatic heterocycles. The number of benzene rings is 2. The Morgan fingerprint density at radius 3 is 2.55 bits per heavy atom. The van der Waals surface area contributed by atoms with Gasteiger partial charge in [0, 0.05) is 20.2 Å². The van der Waals surface area contributed by atoms with Crippen LogP contribution in [0.5, 0.6) is 5.75 Å². The fourth-order valence-electron chi connectivity index (χ4n) is 4.12. The number of nitrogens with zero attached hydrogens (tertiary/aromatic N) is 2. The molecule has 1 fully saturated rings. The van der Waals surface area contributed by atoms with Crippen molar-refractivity contribution in [1.29, 1.82) is 0 Å². The first-order valence-electron chi connectivity index (χ1n) is 10.3. The molecule has 0 aromatic heterocycles. The number of hydrogen-bond acceptors (Lipinski definition) is 6. The van der Waals surface area contributed by atoms with E-state index in [0.717, 1.165) is 30.1 Å². The van der Waals surface area contributed by atoms with Crippen molar-refractivity contribution in [3.05, 3.63) is 48.5 Å². The number of ether oxygens (including phenoxy) is 2. The van der Waals surface area contributed by atoms with Gasteiger partial charge in [0.15, 0.2) is 0 Å². The Morgan fingerprint density at radius 2 is 1.84 bits per heavy atom. The zero-order chi connectivity index (χ0) is 21.9. The highest BCUT2D eigenvalue weighted by molar-refractivity contribution is 7.89. The second kappa shape index (κ2) is 8.86. The molecule has 0 bridgehead atoms. The van der Waals surface area contributed by atoms with Crippen molar-refractivity contribution in [3.8, 4) is 5.75 Å². The Kier molecular flexibility index (Phi) is 6.17. The number of hydrogen-bond donors (Lipinski definition) is 2. The van der Waals surface area contributed by atoms with Gasteiger partial charge in [-0.1, -0.05) is 12.1 Å². The maximum atomic E-state index is 13.4. The van der Waals surface area contributed by atoms with Gasteiger partial charge in [-0.3, -0.25) is 4.99 Å². The van der Waals surface area contributed by atoms with Crippen LogP contribution in [0, 0.1) is 0 Å². The topological polar surface area (TPSA) is 92.3 Å². The lowest BCUT2D eigenvalue weighted by atomic mass is 9.86. The average molecular weight is 445 g/mol. The predicted molar refractivity (Wildman–Crippen MR) is 122 cm³/mol. The van der Waals surface area contributed by atoms with E-state index in [1.165, 1.54) is 0 Å². The number of nitrogens with one attached hydrogen (secondary N) is 2. The minimum atomic E-state index is -3.66. The summed E-state index contributed by atoms with van der Waals surface area (Å²) in [5.41, 5.74) is 1.25. The van der Waals surface area contributed by atoms with Crippen molar-refractivity contribution in [1.82, 2.24) is 4.31 Å². The van der Waals surface area contributed by atoms with Crippen molar-refractivity contribution >= 4 is 27.2 Å². The van der Waals surface area contributed by atoms with E-state index in [0.29, 0.717) is 25.4 Å². The molecule has 31 heavy (non-hydrogen) atoms. The number of sulfonamides is 1. The molecule has 1 saturated heterocycles. The highest BCUT2D eigenvalue weighted by Gasteiger charge is 2.46. The Morgan fingerprint density at radius 1 is 1.10 bits per heavy atom. The van der Waals surface area contributed by atoms with Gasteiger partial charge in [0.25, 0.3) is 0 Å². The molecule has 2 aliphatic rings. The normalized spacial score (nSPS) is 22.6. The fourth-order valence-corrected chi connectivity index (χ4v) is 5.66. The van der Waals surface area contributed by atoms with Crippen LogP contribution in [0.3, 0.4) is 0 Å². The monoisotopic (exact) mass is 444 g/mol. The molecule has 0 unspecified atom stereocenters. The average Bonchev–Trinajstić information content (AvgIpc) is 2.79. The summed E-state index contributed by atoms with van der Waals surface area (Å²) in [5, 5.41) is 7.04. The Labute approximate surface area is 183 Å². The van der Waals surface area contributed by atoms with Crippen molar-refractivity contribution in [3.63, 3.8) is 0 Å². The molecular formula is C22H28N4O4S. The summed E-state index contributed by atoms with van der Waals surface area (Å²) < 4.78 is 38.7. The number of para-hydroxylation sites is 2. The highest BCUT2D eigenvalue weighted by atomic mass is 32.2. The van der Waals surface area contributed by atoms with Gasteiger partial charge in [-0.2, -0.15) is 4.31 Å². The molecule has 4 rings (SSSR count). The van der Waals surface area contributed by atoms with Crippen LogP contribution in [0.25, 0.3) is 0 Å². The van der Waals surface area contributed by atoms with Gasteiger partial charge < -0.3 is 20.1 Å². The van der Waals surface area contributed by atoms with Crippen LogP contribution in [-0.2, 0) is 14.8 Å². The first kappa shape index (κ1) is 21.6. The van der Waals surface area contributed by atoms with Crippen molar-refractivity contribution in [2.75, 3.05) is 51.1 Å². The molecule has 0 amide bonds. The predicted octanol–water partition coefficient (Wildman–Crippen LogP) is 2.80. The van der Waals surface area contributed by atoms with E-state index in [2.05, 4.69) is 10.6 Å². The largest absolute Gasteiger partial charge is 0.497 e. The summed E-state index contributed by atoms with van der Waals surface area (Å²) in [6.07, 6.45) is 1.49. The van der Waals surface area contributed by atoms with Crippen LogP contribution in [-0.4, -0.2) is 64.6 Å². The number of piperidine rings is 1. The molecule has 9 heteroatoms. The zero-order valence-corrected chi connectivity index (χ0v) is 18.6. The third-order valence-electron chi connectivity index (χ3n) is 5.73. The molecule has 2 heterocycles. The fraction of sp³-hybridized carbons (Fsp3) is 0.409. The summed E-state index contributed by atoms with van der Waals surface area (Å²) in [7, 11) is -0.460. The van der Waals surface area contributed by atoms with E-state index in [1.54, 1.807) is 42.8 Å². The second-order valence-electron chi connectivity index (χ2n) is 7.72. The summed E-state index contributed by atoms with van der Waals surface area (Å²) in [4.78, 5) is 5.00. The van der Waals surface area contributed by atoms with E-state index >= 15 is 0 Å². The molecule has 2 aromatic carbocycles. The van der Waals surface area contributed by atoms with Gasteiger partial charge in [0.2, 0.25) is 10.0 Å². The number of rotatable bonds is 6. The summed E-state index contributed by atoms with van der Waals surface area (Å²) in [5.74, 6) is 1.37. The highest BCUT2D eigenvalue weighted by Crippen LogP contribution is 2.37. The maximum Gasteiger partial charge on any atom is 0.243 e. The molecule has 0 aliphatic carbocycles. The Balaban J connectivity index is 1.67. The number of anilines is 2. The van der Waals surface area contributed by atoms with E-state index < -0.39 is 15.6 Å². The number of methoxy groups -OCH3 is 2. The maximum absolute atomic E-state index is 13.4. The number of fused-ring (bicyclic) bond motifs is 1. The van der Waals surface area contributed by atoms with Crippen LogP contribution >= 0.6 is 0 Å². The first-order valence-corrected chi connectivity index (χ1v) is 11.7. The van der Waals surface area contributed by atoms with Crippen LogP contribution in [0.1, 0.15) is 12.8 Å². The molecule has 1 spiro atoms. The van der Waals surface area contributed by atoms with E-state index in [9.17, 15) is 8.42 Å². The summed E-state index contributed by atoms with van der Waals surface area (Å²) in [6, 6.07) is 14.4. The van der Waals surface area contributed by atoms with Crippen molar-refractivity contribution in [2.24, 2.45) is 4.99 Å². The molecule has 0 saturated carbocycles. The number of aliphatic imine (C=N–C) groups is 1. The van der Waals surface area contributed by atoms with E-state index in [-0.39, 0.29) is 11.4 Å². The summed E-state index contributed by atoms with van der Waals surface area (Å²) in [6.45, 7) is 1.74. The lowest BCUT2D eigenvalue weighted by Crippen LogP contribution is -2.62. The molecule has 1 atom stereocenters. The Bertz CT molecular complexity index is 1060. The molecule has 2 aromatic rings. The van der Waals surface area contributed by atoms with E-state index in [4.69, 9.17) is 14.5 Å². The standard InChI is InChI=1S/C22H28N4O4S/c1-29-15-13-23-21-22(25-20-7-4-3-6-19(20)24-21)12-5-14-26(16-22)31(27,28)18-10-8-17(30-2)9-11-18/h3-4,6-11,25H,5,12-16H2,1-2H3,(H,23,24)/t22-/m0/s1. The quantitative estimate of drug-likeness (QED) is 0.666. The molecule has 2 N–H and O–H groups in total.